The van der Waals surface area contributed by atoms with E-state index >= 15 is 0 Å². The number of benzene rings is 1. The number of nitrogens with zero attached hydrogens (tertiary/aromatic N) is 3. The first kappa shape index (κ1) is 15.6. The van der Waals surface area contributed by atoms with Gasteiger partial charge in [-0.3, -0.25) is 9.59 Å². The van der Waals surface area contributed by atoms with Crippen LogP contribution < -0.4 is 0 Å². The van der Waals surface area contributed by atoms with E-state index in [4.69, 9.17) is 11.6 Å². The van der Waals surface area contributed by atoms with Crippen molar-refractivity contribution in [3.05, 3.63) is 47.2 Å². The number of carbonyl (C=O) groups excluding carboxylic acids is 1. The minimum absolute atomic E-state index is 0.203. The van der Waals surface area contributed by atoms with Crippen molar-refractivity contribution in [2.24, 2.45) is 5.41 Å². The van der Waals surface area contributed by atoms with E-state index in [2.05, 4.69) is 5.10 Å². The van der Waals surface area contributed by atoms with Gasteiger partial charge in [0.25, 0.3) is 5.91 Å². The second kappa shape index (κ2) is 5.70. The van der Waals surface area contributed by atoms with Crippen LogP contribution in [-0.4, -0.2) is 44.8 Å². The van der Waals surface area contributed by atoms with Gasteiger partial charge in [-0.05, 0) is 43.7 Å². The van der Waals surface area contributed by atoms with Gasteiger partial charge in [-0.25, -0.2) is 4.68 Å². The fourth-order valence-corrected chi connectivity index (χ4v) is 2.77. The average Bonchev–Trinajstić information content (AvgIpc) is 3.15. The van der Waals surface area contributed by atoms with E-state index < -0.39 is 11.4 Å². The summed E-state index contributed by atoms with van der Waals surface area (Å²) in [4.78, 5) is 25.3. The quantitative estimate of drug-likeness (QED) is 0.936. The van der Waals surface area contributed by atoms with Crippen LogP contribution in [0.2, 0.25) is 5.02 Å². The third-order valence-electron chi connectivity index (χ3n) is 4.18. The largest absolute Gasteiger partial charge is 0.481 e. The Morgan fingerprint density at radius 3 is 2.57 bits per heavy atom. The van der Waals surface area contributed by atoms with Crippen LogP contribution in [-0.2, 0) is 4.79 Å². The lowest BCUT2D eigenvalue weighted by Gasteiger charge is -2.19. The lowest BCUT2D eigenvalue weighted by atomic mass is 9.90. The van der Waals surface area contributed by atoms with E-state index in [9.17, 15) is 14.7 Å². The molecule has 1 amide bonds. The summed E-state index contributed by atoms with van der Waals surface area (Å²) in [6.07, 6.45) is 2.15. The molecule has 3 rings (SSSR count). The highest BCUT2D eigenvalue weighted by molar-refractivity contribution is 6.30. The minimum atomic E-state index is -0.881. The number of aromatic nitrogens is 2. The van der Waals surface area contributed by atoms with Crippen LogP contribution in [0.4, 0.5) is 0 Å². The summed E-state index contributed by atoms with van der Waals surface area (Å²) in [6.45, 7) is 2.29. The zero-order valence-corrected chi connectivity index (χ0v) is 13.3. The zero-order chi connectivity index (χ0) is 16.6. The van der Waals surface area contributed by atoms with Gasteiger partial charge in [0.15, 0.2) is 5.69 Å². The van der Waals surface area contributed by atoms with Crippen LogP contribution in [0.15, 0.2) is 36.5 Å². The van der Waals surface area contributed by atoms with Gasteiger partial charge in [0.05, 0.1) is 11.1 Å². The van der Waals surface area contributed by atoms with E-state index in [1.54, 1.807) is 53.0 Å². The van der Waals surface area contributed by atoms with Crippen molar-refractivity contribution in [1.82, 2.24) is 14.7 Å². The molecule has 1 N–H and O–H groups in total. The van der Waals surface area contributed by atoms with E-state index in [-0.39, 0.29) is 12.5 Å². The molecule has 1 aliphatic heterocycles. The van der Waals surface area contributed by atoms with Crippen LogP contribution >= 0.6 is 11.6 Å². The van der Waals surface area contributed by atoms with Gasteiger partial charge in [-0.15, -0.1) is 0 Å². The van der Waals surface area contributed by atoms with Crippen LogP contribution in [0.1, 0.15) is 23.8 Å². The normalized spacial score (nSPS) is 20.7. The maximum Gasteiger partial charge on any atom is 0.311 e. The predicted octanol–water partition coefficient (Wildman–Crippen LogP) is 2.46. The van der Waals surface area contributed by atoms with Gasteiger partial charge in [-0.1, -0.05) is 11.6 Å². The Kier molecular flexibility index (Phi) is 3.85. The highest BCUT2D eigenvalue weighted by Gasteiger charge is 2.42. The molecule has 7 heteroatoms. The van der Waals surface area contributed by atoms with Gasteiger partial charge in [0.2, 0.25) is 0 Å². The molecule has 120 valence electrons. The Morgan fingerprint density at radius 2 is 1.96 bits per heavy atom. The first-order valence-electron chi connectivity index (χ1n) is 7.23. The van der Waals surface area contributed by atoms with E-state index in [0.29, 0.717) is 23.7 Å². The SMILES string of the molecule is CC1(C(=O)O)CCN(C(=O)c2ccn(-c3ccc(Cl)cc3)n2)C1. The topological polar surface area (TPSA) is 75.4 Å². The number of aliphatic carboxylic acids is 1. The van der Waals surface area contributed by atoms with Crippen molar-refractivity contribution in [3.63, 3.8) is 0 Å². The Morgan fingerprint density at radius 1 is 1.26 bits per heavy atom. The van der Waals surface area contributed by atoms with Crippen molar-refractivity contribution in [3.8, 4) is 5.69 Å². The fourth-order valence-electron chi connectivity index (χ4n) is 2.65. The van der Waals surface area contributed by atoms with Gasteiger partial charge in [-0.2, -0.15) is 5.10 Å². The maximum atomic E-state index is 12.5. The first-order valence-corrected chi connectivity index (χ1v) is 7.61. The van der Waals surface area contributed by atoms with Crippen molar-refractivity contribution in [2.75, 3.05) is 13.1 Å². The lowest BCUT2D eigenvalue weighted by molar-refractivity contribution is -0.147. The molecule has 0 aliphatic carbocycles. The highest BCUT2D eigenvalue weighted by atomic mass is 35.5. The Hall–Kier alpha value is -2.34. The summed E-state index contributed by atoms with van der Waals surface area (Å²) in [5.41, 5.74) is 0.217. The van der Waals surface area contributed by atoms with Crippen LogP contribution in [0.3, 0.4) is 0 Å². The van der Waals surface area contributed by atoms with Gasteiger partial charge < -0.3 is 10.0 Å². The molecule has 6 nitrogen and oxygen atoms in total. The summed E-state index contributed by atoms with van der Waals surface area (Å²) < 4.78 is 1.59. The van der Waals surface area contributed by atoms with Crippen LogP contribution in [0, 0.1) is 5.41 Å². The molecule has 1 aliphatic rings. The monoisotopic (exact) mass is 333 g/mol. The molecule has 1 unspecified atom stereocenters. The zero-order valence-electron chi connectivity index (χ0n) is 12.6. The van der Waals surface area contributed by atoms with E-state index in [1.165, 1.54) is 0 Å². The van der Waals surface area contributed by atoms with Crippen LogP contribution in [0.25, 0.3) is 5.69 Å². The van der Waals surface area contributed by atoms with E-state index in [1.807, 2.05) is 0 Å². The summed E-state index contributed by atoms with van der Waals surface area (Å²) in [5.74, 6) is -1.12. The van der Waals surface area contributed by atoms with Gasteiger partial charge in [0.1, 0.15) is 0 Å². The molecule has 0 radical (unpaired) electrons. The molecule has 0 bridgehead atoms. The number of rotatable bonds is 3. The number of halogens is 1. The van der Waals surface area contributed by atoms with Crippen LogP contribution in [0.5, 0.6) is 0 Å². The smallest absolute Gasteiger partial charge is 0.311 e. The second-order valence-electron chi connectivity index (χ2n) is 5.96. The Bertz CT molecular complexity index is 756. The Labute approximate surface area is 138 Å². The number of amides is 1. The molecule has 2 heterocycles. The van der Waals surface area contributed by atoms with Crippen molar-refractivity contribution < 1.29 is 14.7 Å². The van der Waals surface area contributed by atoms with Crippen molar-refractivity contribution in [1.29, 1.82) is 0 Å². The molecule has 1 aromatic carbocycles. The summed E-state index contributed by atoms with van der Waals surface area (Å²) in [7, 11) is 0. The molecule has 2 aromatic rings. The summed E-state index contributed by atoms with van der Waals surface area (Å²) in [5, 5.41) is 14.2. The second-order valence-corrected chi connectivity index (χ2v) is 6.40. The molecule has 0 spiro atoms. The third kappa shape index (κ3) is 2.94. The summed E-state index contributed by atoms with van der Waals surface area (Å²) in [6, 6.07) is 8.74. The number of likely N-dealkylation sites (tertiary alicyclic amines) is 1. The number of hydrogen-bond donors (Lipinski definition) is 1. The predicted molar refractivity (Wildman–Crippen MR) is 84.8 cm³/mol. The third-order valence-corrected chi connectivity index (χ3v) is 4.43. The molecule has 1 saturated heterocycles. The fraction of sp³-hybridized carbons (Fsp3) is 0.312. The molecular formula is C16H16ClN3O3. The molecule has 23 heavy (non-hydrogen) atoms. The van der Waals surface area contributed by atoms with E-state index in [0.717, 1.165) is 5.69 Å². The molecule has 1 fully saturated rings. The van der Waals surface area contributed by atoms with Gasteiger partial charge >= 0.3 is 5.97 Å². The number of carboxylic acid groups (broad SMARTS) is 1. The molecule has 0 saturated carbocycles. The first-order chi connectivity index (χ1) is 10.9. The number of carbonyl (C=O) groups is 2. The summed E-state index contributed by atoms with van der Waals surface area (Å²) >= 11 is 5.85. The lowest BCUT2D eigenvalue weighted by Crippen LogP contribution is -2.35. The minimum Gasteiger partial charge on any atom is -0.481 e. The molecule has 1 atom stereocenters. The highest BCUT2D eigenvalue weighted by Crippen LogP contribution is 2.30. The van der Waals surface area contributed by atoms with Gasteiger partial charge in [0, 0.05) is 24.3 Å². The molecular weight excluding hydrogens is 318 g/mol. The Balaban J connectivity index is 1.77. The maximum absolute atomic E-state index is 12.5. The average molecular weight is 334 g/mol. The molecule has 1 aromatic heterocycles. The van der Waals surface area contributed by atoms with Crippen molar-refractivity contribution in [2.45, 2.75) is 13.3 Å². The standard InChI is InChI=1S/C16H16ClN3O3/c1-16(15(22)23)7-9-19(10-16)14(21)13-6-8-20(18-13)12-4-2-11(17)3-5-12/h2-6,8H,7,9-10H2,1H3,(H,22,23). The number of hydrogen-bond acceptors (Lipinski definition) is 3. The number of carboxylic acids is 1. The van der Waals surface area contributed by atoms with Crippen molar-refractivity contribution >= 4 is 23.5 Å².